The van der Waals surface area contributed by atoms with Gasteiger partial charge >= 0.3 is 6.03 Å². The fraction of sp³-hybridized carbons (Fsp3) is 0.235. The Balaban J connectivity index is 2.23. The number of nitrogens with zero attached hydrogens (tertiary/aromatic N) is 2. The van der Waals surface area contributed by atoms with Crippen molar-refractivity contribution in [2.45, 2.75) is 12.5 Å². The van der Waals surface area contributed by atoms with Crippen LogP contribution in [0.1, 0.15) is 23.7 Å². The van der Waals surface area contributed by atoms with Gasteiger partial charge in [-0.3, -0.25) is 9.78 Å². The Labute approximate surface area is 145 Å². The van der Waals surface area contributed by atoms with E-state index in [9.17, 15) is 9.59 Å². The van der Waals surface area contributed by atoms with E-state index in [-0.39, 0.29) is 24.9 Å². The number of urea groups is 1. The summed E-state index contributed by atoms with van der Waals surface area (Å²) in [6.07, 6.45) is 1.83. The molecule has 3 amide bonds. The molecule has 1 aromatic carbocycles. The number of amides is 3. The van der Waals surface area contributed by atoms with Gasteiger partial charge in [0.2, 0.25) is 5.91 Å². The fourth-order valence-electron chi connectivity index (χ4n) is 2.39. The first-order valence-electron chi connectivity index (χ1n) is 7.44. The van der Waals surface area contributed by atoms with E-state index in [2.05, 4.69) is 10.3 Å². The molecule has 0 bridgehead atoms. The Hall–Kier alpha value is -2.60. The van der Waals surface area contributed by atoms with Crippen molar-refractivity contribution in [1.29, 1.82) is 0 Å². The standard InChI is InChI=1S/C17H19ClN4O2/c1-22(15(23)9-11-21-17(19)24)16(14-4-2-3-10-20-14)12-5-7-13(18)8-6-12/h2-8,10,16H,9,11H2,1H3,(H3,19,21,24). The number of aromatic nitrogens is 1. The van der Waals surface area contributed by atoms with Crippen molar-refractivity contribution in [3.05, 3.63) is 64.9 Å². The Morgan fingerprint density at radius 2 is 1.96 bits per heavy atom. The van der Waals surface area contributed by atoms with Crippen molar-refractivity contribution < 1.29 is 9.59 Å². The summed E-state index contributed by atoms with van der Waals surface area (Å²) in [5.74, 6) is -0.130. The normalized spacial score (nSPS) is 11.6. The molecule has 24 heavy (non-hydrogen) atoms. The first-order chi connectivity index (χ1) is 11.5. The maximum Gasteiger partial charge on any atom is 0.312 e. The highest BCUT2D eigenvalue weighted by Gasteiger charge is 2.24. The molecule has 1 aromatic heterocycles. The highest BCUT2D eigenvalue weighted by atomic mass is 35.5. The molecule has 0 aliphatic heterocycles. The fourth-order valence-corrected chi connectivity index (χ4v) is 2.51. The van der Waals surface area contributed by atoms with Gasteiger partial charge in [0, 0.05) is 31.2 Å². The maximum atomic E-state index is 12.5. The topological polar surface area (TPSA) is 88.3 Å². The minimum Gasteiger partial charge on any atom is -0.352 e. The van der Waals surface area contributed by atoms with Gasteiger partial charge in [-0.15, -0.1) is 0 Å². The lowest BCUT2D eigenvalue weighted by molar-refractivity contribution is -0.131. The molecule has 0 fully saturated rings. The van der Waals surface area contributed by atoms with Crippen LogP contribution in [0.3, 0.4) is 0 Å². The Morgan fingerprint density at radius 1 is 1.25 bits per heavy atom. The molecule has 0 aliphatic rings. The van der Waals surface area contributed by atoms with E-state index in [4.69, 9.17) is 17.3 Å². The zero-order chi connectivity index (χ0) is 17.5. The minimum absolute atomic E-state index is 0.130. The van der Waals surface area contributed by atoms with Gasteiger partial charge in [0.15, 0.2) is 0 Å². The molecule has 6 nitrogen and oxygen atoms in total. The van der Waals surface area contributed by atoms with Crippen LogP contribution < -0.4 is 11.1 Å². The van der Waals surface area contributed by atoms with Gasteiger partial charge in [-0.25, -0.2) is 4.79 Å². The average Bonchev–Trinajstić information content (AvgIpc) is 2.57. The van der Waals surface area contributed by atoms with Gasteiger partial charge in [0.25, 0.3) is 0 Å². The highest BCUT2D eigenvalue weighted by molar-refractivity contribution is 6.30. The molecular formula is C17H19ClN4O2. The van der Waals surface area contributed by atoms with Crippen LogP contribution in [0.4, 0.5) is 4.79 Å². The van der Waals surface area contributed by atoms with E-state index in [0.717, 1.165) is 11.3 Å². The van der Waals surface area contributed by atoms with Crippen molar-refractivity contribution in [3.63, 3.8) is 0 Å². The van der Waals surface area contributed by atoms with Crippen molar-refractivity contribution in [3.8, 4) is 0 Å². The summed E-state index contributed by atoms with van der Waals surface area (Å²) < 4.78 is 0. The summed E-state index contributed by atoms with van der Waals surface area (Å²) in [4.78, 5) is 29.2. The number of halogens is 1. The number of carbonyl (C=O) groups excluding carboxylic acids is 2. The predicted molar refractivity (Wildman–Crippen MR) is 92.5 cm³/mol. The second kappa shape index (κ2) is 8.31. The van der Waals surface area contributed by atoms with Gasteiger partial charge in [-0.2, -0.15) is 0 Å². The number of hydrogen-bond acceptors (Lipinski definition) is 3. The number of benzene rings is 1. The van der Waals surface area contributed by atoms with E-state index in [1.165, 1.54) is 0 Å². The molecule has 2 rings (SSSR count). The molecule has 0 spiro atoms. The van der Waals surface area contributed by atoms with Crippen LogP contribution in [0.25, 0.3) is 0 Å². The number of carbonyl (C=O) groups is 2. The molecule has 0 saturated carbocycles. The van der Waals surface area contributed by atoms with Crippen molar-refractivity contribution in [2.75, 3.05) is 13.6 Å². The molecule has 1 heterocycles. The number of pyridine rings is 1. The Morgan fingerprint density at radius 3 is 2.54 bits per heavy atom. The first-order valence-corrected chi connectivity index (χ1v) is 7.82. The van der Waals surface area contributed by atoms with E-state index in [0.29, 0.717) is 5.02 Å². The molecular weight excluding hydrogens is 328 g/mol. The summed E-state index contributed by atoms with van der Waals surface area (Å²) in [6.45, 7) is 0.189. The van der Waals surface area contributed by atoms with Gasteiger partial charge in [0.05, 0.1) is 11.7 Å². The molecule has 3 N–H and O–H groups in total. The Bertz CT molecular complexity index is 691. The minimum atomic E-state index is -0.649. The van der Waals surface area contributed by atoms with Crippen LogP contribution in [0, 0.1) is 0 Å². The summed E-state index contributed by atoms with van der Waals surface area (Å²) in [5.41, 5.74) is 6.66. The van der Waals surface area contributed by atoms with Crippen LogP contribution >= 0.6 is 11.6 Å². The Kier molecular flexibility index (Phi) is 6.14. The van der Waals surface area contributed by atoms with Crippen molar-refractivity contribution in [1.82, 2.24) is 15.2 Å². The molecule has 0 aliphatic carbocycles. The van der Waals surface area contributed by atoms with Gasteiger partial charge < -0.3 is 16.0 Å². The monoisotopic (exact) mass is 346 g/mol. The van der Waals surface area contributed by atoms with Crippen LogP contribution in [-0.2, 0) is 4.79 Å². The number of nitrogens with one attached hydrogen (secondary N) is 1. The maximum absolute atomic E-state index is 12.5. The number of nitrogens with two attached hydrogens (primary N) is 1. The van der Waals surface area contributed by atoms with E-state index in [1.807, 2.05) is 30.3 Å². The molecule has 0 radical (unpaired) electrons. The summed E-state index contributed by atoms with van der Waals surface area (Å²) in [6, 6.07) is 11.9. The molecule has 126 valence electrons. The van der Waals surface area contributed by atoms with Crippen molar-refractivity contribution >= 4 is 23.5 Å². The van der Waals surface area contributed by atoms with Crippen LogP contribution in [-0.4, -0.2) is 35.4 Å². The van der Waals surface area contributed by atoms with E-state index < -0.39 is 6.03 Å². The highest BCUT2D eigenvalue weighted by Crippen LogP contribution is 2.27. The second-order valence-electron chi connectivity index (χ2n) is 5.25. The molecule has 7 heteroatoms. The van der Waals surface area contributed by atoms with Crippen LogP contribution in [0.15, 0.2) is 48.7 Å². The number of rotatable bonds is 6. The largest absolute Gasteiger partial charge is 0.352 e. The SMILES string of the molecule is CN(C(=O)CCNC(N)=O)C(c1ccc(Cl)cc1)c1ccccn1. The van der Waals surface area contributed by atoms with Crippen molar-refractivity contribution in [2.24, 2.45) is 5.73 Å². The second-order valence-corrected chi connectivity index (χ2v) is 5.69. The summed E-state index contributed by atoms with van der Waals surface area (Å²) in [7, 11) is 1.71. The predicted octanol–water partition coefficient (Wildman–Crippen LogP) is 2.34. The summed E-state index contributed by atoms with van der Waals surface area (Å²) >= 11 is 5.95. The van der Waals surface area contributed by atoms with Gasteiger partial charge in [0.1, 0.15) is 0 Å². The lowest BCUT2D eigenvalue weighted by atomic mass is 10.0. The van der Waals surface area contributed by atoms with Crippen LogP contribution in [0.2, 0.25) is 5.02 Å². The number of primary amides is 1. The molecule has 2 aromatic rings. The average molecular weight is 347 g/mol. The molecule has 0 saturated heterocycles. The lowest BCUT2D eigenvalue weighted by Gasteiger charge is -2.28. The molecule has 1 unspecified atom stereocenters. The van der Waals surface area contributed by atoms with E-state index >= 15 is 0 Å². The van der Waals surface area contributed by atoms with Gasteiger partial charge in [-0.1, -0.05) is 29.8 Å². The smallest absolute Gasteiger partial charge is 0.312 e. The van der Waals surface area contributed by atoms with Gasteiger partial charge in [-0.05, 0) is 29.8 Å². The first kappa shape index (κ1) is 17.7. The third kappa shape index (κ3) is 4.70. The quantitative estimate of drug-likeness (QED) is 0.841. The third-order valence-electron chi connectivity index (χ3n) is 3.57. The lowest BCUT2D eigenvalue weighted by Crippen LogP contribution is -2.36. The van der Waals surface area contributed by atoms with E-state index in [1.54, 1.807) is 30.3 Å². The number of hydrogen-bond donors (Lipinski definition) is 2. The van der Waals surface area contributed by atoms with Crippen LogP contribution in [0.5, 0.6) is 0 Å². The zero-order valence-electron chi connectivity index (χ0n) is 13.3. The third-order valence-corrected chi connectivity index (χ3v) is 3.82. The molecule has 1 atom stereocenters. The summed E-state index contributed by atoms with van der Waals surface area (Å²) in [5, 5.41) is 3.04. The zero-order valence-corrected chi connectivity index (χ0v) is 14.0.